The number of nitriles is 2. The van der Waals surface area contributed by atoms with Gasteiger partial charge in [0.25, 0.3) is 0 Å². The van der Waals surface area contributed by atoms with Crippen LogP contribution in [0, 0.1) is 22.7 Å². The van der Waals surface area contributed by atoms with Crippen LogP contribution in [-0.2, 0) is 0 Å². The first-order valence-electron chi connectivity index (χ1n) is 5.48. The Morgan fingerprint density at radius 1 is 0.941 bits per heavy atom. The second-order valence-corrected chi connectivity index (χ2v) is 4.26. The first kappa shape index (κ1) is 11.6. The molecular formula is C13H14N4. The van der Waals surface area contributed by atoms with E-state index in [0.29, 0.717) is 0 Å². The van der Waals surface area contributed by atoms with E-state index in [1.54, 1.807) is 0 Å². The summed E-state index contributed by atoms with van der Waals surface area (Å²) in [5.74, 6) is 0. The number of hydrogen-bond donors (Lipinski definition) is 0. The minimum absolute atomic E-state index is 0.00880. The molecular weight excluding hydrogens is 212 g/mol. The summed E-state index contributed by atoms with van der Waals surface area (Å²) in [5.41, 5.74) is 1.11. The molecule has 1 aliphatic rings. The zero-order chi connectivity index (χ0) is 12.4. The molecule has 0 radical (unpaired) electrons. The van der Waals surface area contributed by atoms with Crippen LogP contribution in [0.4, 0.5) is 0 Å². The van der Waals surface area contributed by atoms with Gasteiger partial charge in [-0.25, -0.2) is 0 Å². The summed E-state index contributed by atoms with van der Waals surface area (Å²) in [5, 5.41) is 18.3. The fourth-order valence-corrected chi connectivity index (χ4v) is 2.46. The molecule has 0 saturated carbocycles. The number of benzene rings is 1. The van der Waals surface area contributed by atoms with Gasteiger partial charge in [0, 0.05) is 0 Å². The second kappa shape index (κ2) is 4.55. The SMILES string of the molecule is CN1C(C#N)C(C#N)N(C)C1c1ccccc1. The quantitative estimate of drug-likeness (QED) is 0.725. The fraction of sp³-hybridized carbons (Fsp3) is 0.385. The van der Waals surface area contributed by atoms with Crippen molar-refractivity contribution >= 4 is 0 Å². The van der Waals surface area contributed by atoms with Crippen LogP contribution >= 0.6 is 0 Å². The van der Waals surface area contributed by atoms with Crippen LogP contribution < -0.4 is 0 Å². The Balaban J connectivity index is 2.38. The first-order chi connectivity index (χ1) is 8.20. The van der Waals surface area contributed by atoms with Gasteiger partial charge in [0.2, 0.25) is 0 Å². The van der Waals surface area contributed by atoms with E-state index in [0.717, 1.165) is 5.56 Å². The maximum atomic E-state index is 9.15. The zero-order valence-electron chi connectivity index (χ0n) is 9.91. The summed E-state index contributed by atoms with van der Waals surface area (Å²) in [4.78, 5) is 3.90. The Morgan fingerprint density at radius 2 is 1.41 bits per heavy atom. The minimum Gasteiger partial charge on any atom is -0.269 e. The maximum Gasteiger partial charge on any atom is 0.128 e. The minimum atomic E-state index is -0.379. The highest BCUT2D eigenvalue weighted by Gasteiger charge is 2.44. The van der Waals surface area contributed by atoms with Crippen molar-refractivity contribution in [2.24, 2.45) is 0 Å². The molecule has 0 N–H and O–H groups in total. The molecule has 0 aromatic heterocycles. The molecule has 0 aliphatic carbocycles. The van der Waals surface area contributed by atoms with Crippen LogP contribution in [0.25, 0.3) is 0 Å². The van der Waals surface area contributed by atoms with E-state index in [9.17, 15) is 0 Å². The van der Waals surface area contributed by atoms with E-state index in [-0.39, 0.29) is 18.2 Å². The maximum absolute atomic E-state index is 9.15. The third-order valence-electron chi connectivity index (χ3n) is 3.31. The topological polar surface area (TPSA) is 54.1 Å². The third kappa shape index (κ3) is 1.78. The lowest BCUT2D eigenvalue weighted by Crippen LogP contribution is -2.32. The van der Waals surface area contributed by atoms with Crippen LogP contribution in [0.3, 0.4) is 0 Å². The zero-order valence-corrected chi connectivity index (χ0v) is 9.91. The van der Waals surface area contributed by atoms with Gasteiger partial charge >= 0.3 is 0 Å². The molecule has 17 heavy (non-hydrogen) atoms. The van der Waals surface area contributed by atoms with Crippen molar-refractivity contribution in [2.75, 3.05) is 14.1 Å². The summed E-state index contributed by atoms with van der Waals surface area (Å²) >= 11 is 0. The third-order valence-corrected chi connectivity index (χ3v) is 3.31. The van der Waals surface area contributed by atoms with Crippen LogP contribution in [-0.4, -0.2) is 36.0 Å². The van der Waals surface area contributed by atoms with Crippen molar-refractivity contribution in [3.8, 4) is 12.1 Å². The van der Waals surface area contributed by atoms with Crippen molar-refractivity contribution in [3.05, 3.63) is 35.9 Å². The monoisotopic (exact) mass is 226 g/mol. The number of likely N-dealkylation sites (N-methyl/N-ethyl adjacent to an activating group) is 2. The molecule has 2 unspecified atom stereocenters. The molecule has 4 heteroatoms. The van der Waals surface area contributed by atoms with Gasteiger partial charge in [-0.2, -0.15) is 10.5 Å². The van der Waals surface area contributed by atoms with Crippen LogP contribution in [0.1, 0.15) is 11.7 Å². The summed E-state index contributed by atoms with van der Waals surface area (Å²) < 4.78 is 0. The summed E-state index contributed by atoms with van der Waals surface area (Å²) in [6, 6.07) is 13.6. The largest absolute Gasteiger partial charge is 0.269 e. The predicted octanol–water partition coefficient (Wildman–Crippen LogP) is 1.35. The summed E-state index contributed by atoms with van der Waals surface area (Å²) in [7, 11) is 3.78. The lowest BCUT2D eigenvalue weighted by atomic mass is 10.1. The Morgan fingerprint density at radius 3 is 1.82 bits per heavy atom. The second-order valence-electron chi connectivity index (χ2n) is 4.26. The Hall–Kier alpha value is -1.88. The normalized spacial score (nSPS) is 29.8. The molecule has 0 spiro atoms. The molecule has 86 valence electrons. The molecule has 2 rings (SSSR count). The van der Waals surface area contributed by atoms with Crippen molar-refractivity contribution in [1.82, 2.24) is 9.80 Å². The fourth-order valence-electron chi connectivity index (χ4n) is 2.46. The van der Waals surface area contributed by atoms with Gasteiger partial charge in [-0.1, -0.05) is 30.3 Å². The summed E-state index contributed by atoms with van der Waals surface area (Å²) in [6.45, 7) is 0. The van der Waals surface area contributed by atoms with Crippen LogP contribution in [0.5, 0.6) is 0 Å². The molecule has 1 saturated heterocycles. The molecule has 1 heterocycles. The smallest absolute Gasteiger partial charge is 0.128 e. The Kier molecular flexibility index (Phi) is 3.10. The van der Waals surface area contributed by atoms with E-state index in [2.05, 4.69) is 12.1 Å². The Labute approximate surface area is 101 Å². The molecule has 0 bridgehead atoms. The van der Waals surface area contributed by atoms with E-state index in [1.165, 1.54) is 0 Å². The van der Waals surface area contributed by atoms with Gasteiger partial charge < -0.3 is 0 Å². The van der Waals surface area contributed by atoms with E-state index >= 15 is 0 Å². The van der Waals surface area contributed by atoms with E-state index in [4.69, 9.17) is 10.5 Å². The highest BCUT2D eigenvalue weighted by Crippen LogP contribution is 2.34. The van der Waals surface area contributed by atoms with Crippen LogP contribution in [0.2, 0.25) is 0 Å². The van der Waals surface area contributed by atoms with Gasteiger partial charge in [-0.15, -0.1) is 0 Å². The molecule has 0 amide bonds. The van der Waals surface area contributed by atoms with Crippen molar-refractivity contribution in [1.29, 1.82) is 10.5 Å². The van der Waals surface area contributed by atoms with Gasteiger partial charge in [0.15, 0.2) is 0 Å². The number of nitrogens with zero attached hydrogens (tertiary/aromatic N) is 4. The molecule has 1 aromatic rings. The molecule has 1 fully saturated rings. The lowest BCUT2D eigenvalue weighted by molar-refractivity contribution is 0.176. The van der Waals surface area contributed by atoms with Crippen molar-refractivity contribution in [2.45, 2.75) is 18.2 Å². The highest BCUT2D eigenvalue weighted by molar-refractivity contribution is 5.25. The first-order valence-corrected chi connectivity index (χ1v) is 5.48. The Bertz CT molecular complexity index is 444. The standard InChI is InChI=1S/C13H14N4/c1-16-11(8-14)12(9-15)17(2)13(16)10-6-4-3-5-7-10/h3-7,11-13H,1-2H3. The molecule has 1 aliphatic heterocycles. The molecule has 1 aromatic carbocycles. The van der Waals surface area contributed by atoms with Gasteiger partial charge in [0.05, 0.1) is 18.3 Å². The molecule has 2 atom stereocenters. The predicted molar refractivity (Wildman–Crippen MR) is 63.5 cm³/mol. The van der Waals surface area contributed by atoms with E-state index in [1.807, 2.05) is 54.2 Å². The van der Waals surface area contributed by atoms with Gasteiger partial charge in [-0.05, 0) is 19.7 Å². The number of hydrogen-bond acceptors (Lipinski definition) is 4. The molecule has 4 nitrogen and oxygen atoms in total. The lowest BCUT2D eigenvalue weighted by Gasteiger charge is -2.25. The highest BCUT2D eigenvalue weighted by atomic mass is 15.4. The van der Waals surface area contributed by atoms with Gasteiger partial charge in [-0.3, -0.25) is 9.80 Å². The van der Waals surface area contributed by atoms with Crippen molar-refractivity contribution in [3.63, 3.8) is 0 Å². The number of rotatable bonds is 1. The van der Waals surface area contributed by atoms with Gasteiger partial charge in [0.1, 0.15) is 12.1 Å². The van der Waals surface area contributed by atoms with E-state index < -0.39 is 0 Å². The summed E-state index contributed by atoms with van der Waals surface area (Å²) in [6.07, 6.45) is -0.00880. The average molecular weight is 226 g/mol. The van der Waals surface area contributed by atoms with Crippen LogP contribution in [0.15, 0.2) is 30.3 Å². The van der Waals surface area contributed by atoms with Crippen molar-refractivity contribution < 1.29 is 0 Å². The average Bonchev–Trinajstić information content (AvgIpc) is 2.60.